The molecular formula is C16H12Cl2N2O3. The number of oxazole rings is 1. The molecule has 0 bridgehead atoms. The van der Waals surface area contributed by atoms with Gasteiger partial charge in [0.15, 0.2) is 5.58 Å². The van der Waals surface area contributed by atoms with Gasteiger partial charge in [0.2, 0.25) is 5.91 Å². The van der Waals surface area contributed by atoms with Gasteiger partial charge in [0, 0.05) is 18.2 Å². The second-order valence-corrected chi connectivity index (χ2v) is 5.84. The number of H-pyrrole nitrogens is 1. The SMILES string of the molecule is O=C(CCc1ccc(Cl)c(Cl)c1)Nc1ccc2[nH]c(=O)oc2c1. The molecule has 2 aromatic carbocycles. The molecule has 118 valence electrons. The van der Waals surface area contributed by atoms with E-state index in [0.717, 1.165) is 5.56 Å². The van der Waals surface area contributed by atoms with Crippen LogP contribution in [0.4, 0.5) is 5.69 Å². The van der Waals surface area contributed by atoms with Gasteiger partial charge >= 0.3 is 5.76 Å². The van der Waals surface area contributed by atoms with E-state index in [0.29, 0.717) is 39.7 Å². The third-order valence-electron chi connectivity index (χ3n) is 3.33. The Kier molecular flexibility index (Phi) is 4.41. The van der Waals surface area contributed by atoms with Gasteiger partial charge in [-0.3, -0.25) is 9.78 Å². The maximum Gasteiger partial charge on any atom is 0.417 e. The topological polar surface area (TPSA) is 75.1 Å². The molecule has 1 heterocycles. The average molecular weight is 351 g/mol. The van der Waals surface area contributed by atoms with Crippen molar-refractivity contribution in [3.05, 3.63) is 62.6 Å². The van der Waals surface area contributed by atoms with Crippen LogP contribution in [-0.4, -0.2) is 10.9 Å². The van der Waals surface area contributed by atoms with Crippen LogP contribution in [0.1, 0.15) is 12.0 Å². The molecular weight excluding hydrogens is 339 g/mol. The first-order valence-electron chi connectivity index (χ1n) is 6.88. The van der Waals surface area contributed by atoms with E-state index >= 15 is 0 Å². The number of aromatic nitrogens is 1. The van der Waals surface area contributed by atoms with Crippen molar-refractivity contribution in [2.45, 2.75) is 12.8 Å². The summed E-state index contributed by atoms with van der Waals surface area (Å²) >= 11 is 11.8. The molecule has 3 aromatic rings. The molecule has 0 saturated heterocycles. The van der Waals surface area contributed by atoms with Crippen molar-refractivity contribution >= 4 is 45.9 Å². The van der Waals surface area contributed by atoms with Crippen LogP contribution < -0.4 is 11.1 Å². The van der Waals surface area contributed by atoms with Crippen LogP contribution in [0.3, 0.4) is 0 Å². The lowest BCUT2D eigenvalue weighted by atomic mass is 10.1. The smallest absolute Gasteiger partial charge is 0.408 e. The van der Waals surface area contributed by atoms with Gasteiger partial charge in [0.25, 0.3) is 0 Å². The van der Waals surface area contributed by atoms with E-state index < -0.39 is 5.76 Å². The van der Waals surface area contributed by atoms with Gasteiger partial charge in [0.05, 0.1) is 15.6 Å². The van der Waals surface area contributed by atoms with Gasteiger partial charge in [-0.15, -0.1) is 0 Å². The van der Waals surface area contributed by atoms with Crippen LogP contribution in [0.15, 0.2) is 45.6 Å². The Morgan fingerprint density at radius 1 is 1.13 bits per heavy atom. The lowest BCUT2D eigenvalue weighted by Crippen LogP contribution is -2.12. The predicted molar refractivity (Wildman–Crippen MR) is 90.2 cm³/mol. The van der Waals surface area contributed by atoms with Crippen molar-refractivity contribution in [1.82, 2.24) is 4.98 Å². The quantitative estimate of drug-likeness (QED) is 0.746. The van der Waals surface area contributed by atoms with Crippen molar-refractivity contribution in [2.24, 2.45) is 0 Å². The van der Waals surface area contributed by atoms with E-state index in [1.807, 2.05) is 6.07 Å². The van der Waals surface area contributed by atoms with Crippen molar-refractivity contribution in [1.29, 1.82) is 0 Å². The number of halogens is 2. The first kappa shape index (κ1) is 15.6. The Morgan fingerprint density at radius 3 is 2.74 bits per heavy atom. The summed E-state index contributed by atoms with van der Waals surface area (Å²) < 4.78 is 4.95. The first-order valence-corrected chi connectivity index (χ1v) is 7.63. The molecule has 23 heavy (non-hydrogen) atoms. The fourth-order valence-electron chi connectivity index (χ4n) is 2.20. The highest BCUT2D eigenvalue weighted by Crippen LogP contribution is 2.23. The van der Waals surface area contributed by atoms with Crippen LogP contribution in [0.25, 0.3) is 11.1 Å². The predicted octanol–water partition coefficient (Wildman–Crippen LogP) is 4.00. The Balaban J connectivity index is 1.63. The number of hydrogen-bond acceptors (Lipinski definition) is 3. The lowest BCUT2D eigenvalue weighted by Gasteiger charge is -2.06. The zero-order valence-electron chi connectivity index (χ0n) is 11.9. The summed E-state index contributed by atoms with van der Waals surface area (Å²) in [4.78, 5) is 25.6. The number of aromatic amines is 1. The summed E-state index contributed by atoms with van der Waals surface area (Å²) in [6, 6.07) is 10.3. The summed E-state index contributed by atoms with van der Waals surface area (Å²) in [6.45, 7) is 0. The molecule has 0 radical (unpaired) electrons. The second kappa shape index (κ2) is 6.48. The van der Waals surface area contributed by atoms with Crippen LogP contribution in [0.5, 0.6) is 0 Å². The van der Waals surface area contributed by atoms with Crippen LogP contribution in [0, 0.1) is 0 Å². The molecule has 0 aliphatic heterocycles. The largest absolute Gasteiger partial charge is 0.417 e. The molecule has 1 aromatic heterocycles. The summed E-state index contributed by atoms with van der Waals surface area (Å²) in [6.07, 6.45) is 0.845. The van der Waals surface area contributed by atoms with E-state index in [2.05, 4.69) is 10.3 Å². The van der Waals surface area contributed by atoms with Crippen molar-refractivity contribution in [3.8, 4) is 0 Å². The van der Waals surface area contributed by atoms with Gasteiger partial charge in [-0.05, 0) is 36.2 Å². The maximum atomic E-state index is 12.0. The number of benzene rings is 2. The van der Waals surface area contributed by atoms with E-state index in [9.17, 15) is 9.59 Å². The molecule has 2 N–H and O–H groups in total. The first-order chi connectivity index (χ1) is 11.0. The van der Waals surface area contributed by atoms with Crippen molar-refractivity contribution in [3.63, 3.8) is 0 Å². The highest BCUT2D eigenvalue weighted by atomic mass is 35.5. The molecule has 0 saturated carbocycles. The number of carbonyl (C=O) groups excluding carboxylic acids is 1. The third kappa shape index (κ3) is 3.75. The molecule has 0 atom stereocenters. The lowest BCUT2D eigenvalue weighted by molar-refractivity contribution is -0.116. The Hall–Kier alpha value is -2.24. The highest BCUT2D eigenvalue weighted by molar-refractivity contribution is 6.42. The molecule has 7 heteroatoms. The van der Waals surface area contributed by atoms with Crippen LogP contribution >= 0.6 is 23.2 Å². The number of nitrogens with one attached hydrogen (secondary N) is 2. The van der Waals surface area contributed by atoms with Crippen molar-refractivity contribution in [2.75, 3.05) is 5.32 Å². The molecule has 0 spiro atoms. The van der Waals surface area contributed by atoms with Gasteiger partial charge in [0.1, 0.15) is 0 Å². The highest BCUT2D eigenvalue weighted by Gasteiger charge is 2.07. The molecule has 5 nitrogen and oxygen atoms in total. The minimum Gasteiger partial charge on any atom is -0.408 e. The zero-order valence-corrected chi connectivity index (χ0v) is 13.4. The Bertz CT molecular complexity index is 930. The number of hydrogen-bond donors (Lipinski definition) is 2. The minimum atomic E-state index is -0.525. The number of aryl methyl sites for hydroxylation is 1. The van der Waals surface area contributed by atoms with Crippen LogP contribution in [-0.2, 0) is 11.2 Å². The van der Waals surface area contributed by atoms with Gasteiger partial charge < -0.3 is 9.73 Å². The summed E-state index contributed by atoms with van der Waals surface area (Å²) in [5.74, 6) is -0.670. The monoisotopic (exact) mass is 350 g/mol. The molecule has 1 amide bonds. The summed E-state index contributed by atoms with van der Waals surface area (Å²) in [5.41, 5.74) is 2.49. The fourth-order valence-corrected chi connectivity index (χ4v) is 2.52. The Morgan fingerprint density at radius 2 is 1.96 bits per heavy atom. The fraction of sp³-hybridized carbons (Fsp3) is 0.125. The minimum absolute atomic E-state index is 0.145. The van der Waals surface area contributed by atoms with E-state index in [1.165, 1.54) is 0 Å². The van der Waals surface area contributed by atoms with Gasteiger partial charge in [-0.25, -0.2) is 4.79 Å². The number of fused-ring (bicyclic) bond motifs is 1. The van der Waals surface area contributed by atoms with Gasteiger partial charge in [-0.2, -0.15) is 0 Å². The van der Waals surface area contributed by atoms with Crippen LogP contribution in [0.2, 0.25) is 10.0 Å². The zero-order chi connectivity index (χ0) is 16.4. The molecule has 3 rings (SSSR count). The normalized spacial score (nSPS) is 10.9. The van der Waals surface area contributed by atoms with Gasteiger partial charge in [-0.1, -0.05) is 29.3 Å². The van der Waals surface area contributed by atoms with E-state index in [4.69, 9.17) is 27.6 Å². The molecule has 0 unspecified atom stereocenters. The third-order valence-corrected chi connectivity index (χ3v) is 4.07. The number of carbonyl (C=O) groups is 1. The standard InChI is InChI=1S/C16H12Cl2N2O3/c17-11-4-1-9(7-12(11)18)2-6-15(21)19-10-3-5-13-14(8-10)23-16(22)20-13/h1,3-5,7-8H,2,6H2,(H,19,21)(H,20,22). The number of anilines is 1. The summed E-state index contributed by atoms with van der Waals surface area (Å²) in [7, 11) is 0. The molecule has 0 aliphatic carbocycles. The Labute approximate surface area is 141 Å². The summed E-state index contributed by atoms with van der Waals surface area (Å²) in [5, 5.41) is 3.72. The molecule has 0 aliphatic rings. The van der Waals surface area contributed by atoms with Crippen molar-refractivity contribution < 1.29 is 9.21 Å². The average Bonchev–Trinajstić information content (AvgIpc) is 2.88. The molecule has 0 fully saturated rings. The maximum absolute atomic E-state index is 12.0. The van der Waals surface area contributed by atoms with E-state index in [1.54, 1.807) is 30.3 Å². The second-order valence-electron chi connectivity index (χ2n) is 5.02. The number of amides is 1. The van der Waals surface area contributed by atoms with E-state index in [-0.39, 0.29) is 5.91 Å². The number of rotatable bonds is 4.